The van der Waals surface area contributed by atoms with Gasteiger partial charge in [0.25, 0.3) is 5.91 Å². The van der Waals surface area contributed by atoms with Gasteiger partial charge >= 0.3 is 0 Å². The van der Waals surface area contributed by atoms with Crippen molar-refractivity contribution in [3.05, 3.63) is 24.0 Å². The van der Waals surface area contributed by atoms with Crippen LogP contribution in [0.4, 0.5) is 5.69 Å². The molecule has 88 valence electrons. The van der Waals surface area contributed by atoms with Crippen LogP contribution in [0.5, 0.6) is 0 Å². The van der Waals surface area contributed by atoms with E-state index in [2.05, 4.69) is 4.98 Å². The highest BCUT2D eigenvalue weighted by atomic mass is 16.3. The Morgan fingerprint density at radius 2 is 2.31 bits per heavy atom. The van der Waals surface area contributed by atoms with Gasteiger partial charge in [-0.15, -0.1) is 0 Å². The van der Waals surface area contributed by atoms with Crippen molar-refractivity contribution >= 4 is 11.6 Å². The van der Waals surface area contributed by atoms with Gasteiger partial charge in [0.1, 0.15) is 5.69 Å². The van der Waals surface area contributed by atoms with Crippen molar-refractivity contribution in [2.45, 2.75) is 19.9 Å². The normalized spacial score (nSPS) is 10.5. The van der Waals surface area contributed by atoms with E-state index in [0.29, 0.717) is 6.54 Å². The van der Waals surface area contributed by atoms with Crippen molar-refractivity contribution in [2.24, 2.45) is 5.73 Å². The van der Waals surface area contributed by atoms with Crippen molar-refractivity contribution in [3.63, 3.8) is 0 Å². The molecule has 0 saturated heterocycles. The molecule has 0 unspecified atom stereocenters. The fourth-order valence-corrected chi connectivity index (χ4v) is 1.53. The van der Waals surface area contributed by atoms with E-state index in [4.69, 9.17) is 10.8 Å². The maximum atomic E-state index is 11.0. The maximum absolute atomic E-state index is 11.0. The number of amides is 1. The largest absolute Gasteiger partial charge is 0.395 e. The minimum absolute atomic E-state index is 0.0619. The van der Waals surface area contributed by atoms with Crippen LogP contribution in [0.1, 0.15) is 24.3 Å². The number of aliphatic hydroxyl groups excluding tert-OH is 1. The summed E-state index contributed by atoms with van der Waals surface area (Å²) in [5.74, 6) is -0.547. The first kappa shape index (κ1) is 12.4. The average Bonchev–Trinajstić information content (AvgIpc) is 2.25. The van der Waals surface area contributed by atoms with Gasteiger partial charge < -0.3 is 15.7 Å². The van der Waals surface area contributed by atoms with Gasteiger partial charge in [0.2, 0.25) is 0 Å². The van der Waals surface area contributed by atoms with Gasteiger partial charge in [0.05, 0.1) is 6.61 Å². The van der Waals surface area contributed by atoms with Crippen molar-refractivity contribution < 1.29 is 9.90 Å². The fraction of sp³-hybridized carbons (Fsp3) is 0.455. The Kier molecular flexibility index (Phi) is 4.25. The number of carbonyl (C=O) groups is 1. The summed E-state index contributed by atoms with van der Waals surface area (Å²) in [6.45, 7) is 4.60. The lowest BCUT2D eigenvalue weighted by Crippen LogP contribution is -2.33. The molecule has 0 spiro atoms. The molecule has 0 aliphatic rings. The topological polar surface area (TPSA) is 79.4 Å². The van der Waals surface area contributed by atoms with Gasteiger partial charge in [-0.25, -0.2) is 0 Å². The van der Waals surface area contributed by atoms with Crippen LogP contribution in [0.15, 0.2) is 18.3 Å². The maximum Gasteiger partial charge on any atom is 0.267 e. The summed E-state index contributed by atoms with van der Waals surface area (Å²) in [5.41, 5.74) is 6.24. The van der Waals surface area contributed by atoms with Gasteiger partial charge in [-0.2, -0.15) is 0 Å². The Morgan fingerprint density at radius 1 is 1.62 bits per heavy atom. The molecule has 0 aliphatic carbocycles. The van der Waals surface area contributed by atoms with E-state index >= 15 is 0 Å². The predicted molar refractivity (Wildman–Crippen MR) is 62.3 cm³/mol. The van der Waals surface area contributed by atoms with Gasteiger partial charge in [-0.05, 0) is 26.0 Å². The third-order valence-electron chi connectivity index (χ3n) is 2.29. The SMILES string of the molecule is CC(C)N(CCO)c1ccnc(C(N)=O)c1. The average molecular weight is 223 g/mol. The Morgan fingerprint density at radius 3 is 2.81 bits per heavy atom. The van der Waals surface area contributed by atoms with E-state index in [1.165, 1.54) is 0 Å². The minimum atomic E-state index is -0.547. The second kappa shape index (κ2) is 5.46. The number of aliphatic hydroxyl groups is 1. The summed E-state index contributed by atoms with van der Waals surface area (Å²) in [4.78, 5) is 16.9. The molecule has 5 nitrogen and oxygen atoms in total. The molecule has 0 atom stereocenters. The molecule has 0 radical (unpaired) electrons. The molecule has 1 aromatic rings. The second-order valence-corrected chi connectivity index (χ2v) is 3.77. The van der Waals surface area contributed by atoms with E-state index in [-0.39, 0.29) is 18.3 Å². The first-order valence-electron chi connectivity index (χ1n) is 5.19. The molecule has 1 amide bonds. The van der Waals surface area contributed by atoms with Crippen LogP contribution in [-0.2, 0) is 0 Å². The van der Waals surface area contributed by atoms with E-state index < -0.39 is 5.91 Å². The summed E-state index contributed by atoms with van der Waals surface area (Å²) >= 11 is 0. The third kappa shape index (κ3) is 2.93. The van der Waals surface area contributed by atoms with Crippen molar-refractivity contribution in [1.82, 2.24) is 4.98 Å². The standard InChI is InChI=1S/C11H17N3O2/c1-8(2)14(5-6-15)9-3-4-13-10(7-9)11(12)16/h3-4,7-8,15H,5-6H2,1-2H3,(H2,12,16). The smallest absolute Gasteiger partial charge is 0.267 e. The van der Waals surface area contributed by atoms with Crippen LogP contribution in [-0.4, -0.2) is 35.2 Å². The number of hydrogen-bond donors (Lipinski definition) is 2. The summed E-state index contributed by atoms with van der Waals surface area (Å²) < 4.78 is 0. The van der Waals surface area contributed by atoms with E-state index in [0.717, 1.165) is 5.69 Å². The molecule has 0 saturated carbocycles. The number of carbonyl (C=O) groups excluding carboxylic acids is 1. The molecule has 0 fully saturated rings. The summed E-state index contributed by atoms with van der Waals surface area (Å²) in [5, 5.41) is 8.98. The van der Waals surface area contributed by atoms with Crippen LogP contribution >= 0.6 is 0 Å². The third-order valence-corrected chi connectivity index (χ3v) is 2.29. The van der Waals surface area contributed by atoms with E-state index in [1.54, 1.807) is 18.3 Å². The molecule has 1 aromatic heterocycles. The Hall–Kier alpha value is -1.62. The summed E-state index contributed by atoms with van der Waals surface area (Å²) in [6.07, 6.45) is 1.54. The van der Waals surface area contributed by atoms with Crippen LogP contribution < -0.4 is 10.6 Å². The zero-order valence-electron chi connectivity index (χ0n) is 9.55. The lowest BCUT2D eigenvalue weighted by Gasteiger charge is -2.28. The zero-order chi connectivity index (χ0) is 12.1. The number of nitrogens with two attached hydrogens (primary N) is 1. The number of primary amides is 1. The Labute approximate surface area is 94.9 Å². The molecular formula is C11H17N3O2. The van der Waals surface area contributed by atoms with Crippen LogP contribution in [0.2, 0.25) is 0 Å². The minimum Gasteiger partial charge on any atom is -0.395 e. The van der Waals surface area contributed by atoms with E-state index in [9.17, 15) is 4.79 Å². The first-order chi connectivity index (χ1) is 7.56. The number of anilines is 1. The highest BCUT2D eigenvalue weighted by Gasteiger charge is 2.12. The number of rotatable bonds is 5. The molecule has 1 heterocycles. The number of nitrogens with zero attached hydrogens (tertiary/aromatic N) is 2. The van der Waals surface area contributed by atoms with Crippen LogP contribution in [0.25, 0.3) is 0 Å². The monoisotopic (exact) mass is 223 g/mol. The highest BCUT2D eigenvalue weighted by Crippen LogP contribution is 2.16. The molecular weight excluding hydrogens is 206 g/mol. The Balaban J connectivity index is 3.00. The molecule has 3 N–H and O–H groups in total. The molecule has 0 bridgehead atoms. The fourth-order valence-electron chi connectivity index (χ4n) is 1.53. The van der Waals surface area contributed by atoms with Crippen LogP contribution in [0, 0.1) is 0 Å². The van der Waals surface area contributed by atoms with Crippen molar-refractivity contribution in [1.29, 1.82) is 0 Å². The van der Waals surface area contributed by atoms with Gasteiger partial charge in [0.15, 0.2) is 0 Å². The summed E-state index contributed by atoms with van der Waals surface area (Å²) in [7, 11) is 0. The van der Waals surface area contributed by atoms with Crippen molar-refractivity contribution in [2.75, 3.05) is 18.1 Å². The lowest BCUT2D eigenvalue weighted by molar-refractivity contribution is 0.0995. The molecule has 1 rings (SSSR count). The first-order valence-corrected chi connectivity index (χ1v) is 5.19. The Bertz CT molecular complexity index is 366. The second-order valence-electron chi connectivity index (χ2n) is 3.77. The van der Waals surface area contributed by atoms with Gasteiger partial charge in [-0.1, -0.05) is 0 Å². The lowest BCUT2D eigenvalue weighted by atomic mass is 10.2. The van der Waals surface area contributed by atoms with E-state index in [1.807, 2.05) is 18.7 Å². The predicted octanol–water partition coefficient (Wildman–Crippen LogP) is 0.388. The number of pyridine rings is 1. The zero-order valence-corrected chi connectivity index (χ0v) is 9.55. The molecule has 0 aliphatic heterocycles. The molecule has 16 heavy (non-hydrogen) atoms. The molecule has 5 heteroatoms. The van der Waals surface area contributed by atoms with Gasteiger partial charge in [0, 0.05) is 24.5 Å². The number of hydrogen-bond acceptors (Lipinski definition) is 4. The van der Waals surface area contributed by atoms with Crippen LogP contribution in [0.3, 0.4) is 0 Å². The molecule has 0 aromatic carbocycles. The number of aromatic nitrogens is 1. The quantitative estimate of drug-likeness (QED) is 0.756. The summed E-state index contributed by atoms with van der Waals surface area (Å²) in [6, 6.07) is 3.66. The highest BCUT2D eigenvalue weighted by molar-refractivity contribution is 5.91. The van der Waals surface area contributed by atoms with Crippen molar-refractivity contribution in [3.8, 4) is 0 Å². The van der Waals surface area contributed by atoms with Gasteiger partial charge in [-0.3, -0.25) is 9.78 Å².